The fourth-order valence-corrected chi connectivity index (χ4v) is 5.09. The summed E-state index contributed by atoms with van der Waals surface area (Å²) in [7, 11) is 0. The van der Waals surface area contributed by atoms with E-state index in [1.54, 1.807) is 15.9 Å². The lowest BCUT2D eigenvalue weighted by Gasteiger charge is -2.17. The van der Waals surface area contributed by atoms with E-state index >= 15 is 0 Å². The first kappa shape index (κ1) is 19.5. The normalized spacial score (nSPS) is 17.6. The third-order valence-electron chi connectivity index (χ3n) is 5.04. The van der Waals surface area contributed by atoms with Crippen LogP contribution >= 0.6 is 23.1 Å². The van der Waals surface area contributed by atoms with Gasteiger partial charge in [-0.3, -0.25) is 9.36 Å². The first-order chi connectivity index (χ1) is 14.7. The first-order valence-electron chi connectivity index (χ1n) is 9.84. The number of rotatable bonds is 6. The Morgan fingerprint density at radius 1 is 1.27 bits per heavy atom. The molecule has 0 saturated carbocycles. The molecule has 5 rings (SSSR count). The minimum absolute atomic E-state index is 0.0363. The van der Waals surface area contributed by atoms with Gasteiger partial charge in [0.15, 0.2) is 5.16 Å². The monoisotopic (exact) mass is 440 g/mol. The van der Waals surface area contributed by atoms with Crippen LogP contribution < -0.4 is 5.56 Å². The lowest BCUT2D eigenvalue weighted by Crippen LogP contribution is -2.29. The topological polar surface area (TPSA) is 83.0 Å². The van der Waals surface area contributed by atoms with Crippen LogP contribution in [0.5, 0.6) is 0 Å². The van der Waals surface area contributed by atoms with Gasteiger partial charge in [0.05, 0.1) is 33.7 Å². The molecule has 1 fully saturated rings. The summed E-state index contributed by atoms with van der Waals surface area (Å²) in [6, 6.07) is 11.3. The van der Waals surface area contributed by atoms with Crippen molar-refractivity contribution in [3.63, 3.8) is 0 Å². The average molecular weight is 441 g/mol. The summed E-state index contributed by atoms with van der Waals surface area (Å²) in [5.41, 5.74) is 0.640. The van der Waals surface area contributed by atoms with E-state index in [1.807, 2.05) is 48.7 Å². The molecule has 1 aromatic carbocycles. The van der Waals surface area contributed by atoms with Gasteiger partial charge in [0, 0.05) is 6.61 Å². The minimum Gasteiger partial charge on any atom is -0.419 e. The standard InChI is InChI=1S/C21H20N4O3S2/c1-13(18-23-24-19(28-18)17-9-5-11-29-17)30-21-22-16-8-3-2-7-15(16)20(26)25(21)12-14-6-4-10-27-14/h2-3,5,7-9,11,13-14H,4,6,10,12H2,1H3. The third-order valence-corrected chi connectivity index (χ3v) is 6.97. The van der Waals surface area contributed by atoms with Crippen molar-refractivity contribution in [2.45, 2.75) is 42.8 Å². The Morgan fingerprint density at radius 2 is 2.17 bits per heavy atom. The molecular weight excluding hydrogens is 420 g/mol. The Labute approximate surface area is 181 Å². The molecule has 2 unspecified atom stereocenters. The number of nitrogens with zero attached hydrogens (tertiary/aromatic N) is 4. The Bertz CT molecular complexity index is 1210. The fourth-order valence-electron chi connectivity index (χ4n) is 3.50. The molecule has 0 bridgehead atoms. The lowest BCUT2D eigenvalue weighted by molar-refractivity contribution is 0.0937. The summed E-state index contributed by atoms with van der Waals surface area (Å²) in [6.45, 7) is 3.22. The predicted molar refractivity (Wildman–Crippen MR) is 117 cm³/mol. The molecule has 4 heterocycles. The highest BCUT2D eigenvalue weighted by Gasteiger charge is 2.23. The summed E-state index contributed by atoms with van der Waals surface area (Å²) >= 11 is 3.00. The maximum atomic E-state index is 13.2. The quantitative estimate of drug-likeness (QED) is 0.321. The number of thioether (sulfide) groups is 1. The number of ether oxygens (including phenoxy) is 1. The zero-order valence-corrected chi connectivity index (χ0v) is 18.0. The summed E-state index contributed by atoms with van der Waals surface area (Å²) in [5.74, 6) is 1.02. The molecule has 1 aliphatic heterocycles. The van der Waals surface area contributed by atoms with E-state index < -0.39 is 0 Å². The number of para-hydroxylation sites is 1. The Hall–Kier alpha value is -2.49. The highest BCUT2D eigenvalue weighted by Crippen LogP contribution is 2.35. The summed E-state index contributed by atoms with van der Waals surface area (Å²) in [4.78, 5) is 18.9. The van der Waals surface area contributed by atoms with Gasteiger partial charge in [0.1, 0.15) is 0 Å². The smallest absolute Gasteiger partial charge is 0.262 e. The van der Waals surface area contributed by atoms with Crippen molar-refractivity contribution < 1.29 is 9.15 Å². The molecule has 154 valence electrons. The maximum absolute atomic E-state index is 13.2. The van der Waals surface area contributed by atoms with Gasteiger partial charge in [-0.05, 0) is 43.3 Å². The van der Waals surface area contributed by atoms with E-state index in [0.717, 1.165) is 24.3 Å². The number of hydrogen-bond donors (Lipinski definition) is 0. The number of fused-ring (bicyclic) bond motifs is 1. The zero-order valence-electron chi connectivity index (χ0n) is 16.4. The molecule has 9 heteroatoms. The van der Waals surface area contributed by atoms with Crippen molar-refractivity contribution >= 4 is 34.0 Å². The van der Waals surface area contributed by atoms with Crippen molar-refractivity contribution in [1.29, 1.82) is 0 Å². The van der Waals surface area contributed by atoms with Gasteiger partial charge >= 0.3 is 0 Å². The van der Waals surface area contributed by atoms with Crippen LogP contribution in [0.3, 0.4) is 0 Å². The van der Waals surface area contributed by atoms with E-state index in [-0.39, 0.29) is 16.9 Å². The number of aromatic nitrogens is 4. The van der Waals surface area contributed by atoms with E-state index in [0.29, 0.717) is 34.4 Å². The second-order valence-corrected chi connectivity index (χ2v) is 9.40. The highest BCUT2D eigenvalue weighted by molar-refractivity contribution is 7.99. The Balaban J connectivity index is 1.48. The number of hydrogen-bond acceptors (Lipinski definition) is 8. The second kappa shape index (κ2) is 8.33. The Kier molecular flexibility index (Phi) is 5.41. The minimum atomic E-state index is -0.157. The van der Waals surface area contributed by atoms with E-state index in [2.05, 4.69) is 10.2 Å². The molecule has 0 amide bonds. The van der Waals surface area contributed by atoms with Crippen molar-refractivity contribution in [1.82, 2.24) is 19.7 Å². The molecule has 2 atom stereocenters. The fraction of sp³-hybridized carbons (Fsp3) is 0.333. The molecule has 0 spiro atoms. The summed E-state index contributed by atoms with van der Waals surface area (Å²) in [5, 5.41) is 11.4. The van der Waals surface area contributed by atoms with Crippen LogP contribution in [0.1, 0.15) is 30.9 Å². The molecule has 0 radical (unpaired) electrons. The van der Waals surface area contributed by atoms with E-state index in [9.17, 15) is 4.79 Å². The van der Waals surface area contributed by atoms with Crippen LogP contribution in [0.2, 0.25) is 0 Å². The molecule has 7 nitrogen and oxygen atoms in total. The van der Waals surface area contributed by atoms with Crippen LogP contribution in [0.25, 0.3) is 21.7 Å². The average Bonchev–Trinajstić information content (AvgIpc) is 3.53. The first-order valence-corrected chi connectivity index (χ1v) is 11.6. The maximum Gasteiger partial charge on any atom is 0.262 e. The molecule has 0 aliphatic carbocycles. The molecule has 4 aromatic rings. The van der Waals surface area contributed by atoms with Crippen LogP contribution in [0, 0.1) is 0 Å². The van der Waals surface area contributed by atoms with Gasteiger partial charge < -0.3 is 9.15 Å². The summed E-state index contributed by atoms with van der Waals surface area (Å²) < 4.78 is 13.4. The van der Waals surface area contributed by atoms with Crippen LogP contribution in [0.15, 0.2) is 56.1 Å². The highest BCUT2D eigenvalue weighted by atomic mass is 32.2. The van der Waals surface area contributed by atoms with Crippen LogP contribution in [-0.4, -0.2) is 32.5 Å². The lowest BCUT2D eigenvalue weighted by atomic mass is 10.2. The van der Waals surface area contributed by atoms with E-state index in [4.69, 9.17) is 14.1 Å². The SMILES string of the molecule is CC(Sc1nc2ccccc2c(=O)n1CC1CCCO1)c1nnc(-c2cccs2)o1. The third kappa shape index (κ3) is 3.80. The van der Waals surface area contributed by atoms with Crippen molar-refractivity contribution in [2.24, 2.45) is 0 Å². The molecular formula is C21H20N4O3S2. The van der Waals surface area contributed by atoms with Gasteiger partial charge in [-0.25, -0.2) is 4.98 Å². The van der Waals surface area contributed by atoms with Gasteiger partial charge in [0.25, 0.3) is 11.4 Å². The summed E-state index contributed by atoms with van der Waals surface area (Å²) in [6.07, 6.45) is 2.01. The zero-order chi connectivity index (χ0) is 20.5. The molecule has 3 aromatic heterocycles. The molecule has 0 N–H and O–H groups in total. The second-order valence-electron chi connectivity index (χ2n) is 7.15. The number of thiophene rings is 1. The van der Waals surface area contributed by atoms with Crippen LogP contribution in [0.4, 0.5) is 0 Å². The van der Waals surface area contributed by atoms with Gasteiger partial charge in [-0.1, -0.05) is 30.0 Å². The van der Waals surface area contributed by atoms with Gasteiger partial charge in [0.2, 0.25) is 5.89 Å². The molecule has 30 heavy (non-hydrogen) atoms. The van der Waals surface area contributed by atoms with E-state index in [1.165, 1.54) is 11.8 Å². The predicted octanol–water partition coefficient (Wildman–Crippen LogP) is 4.54. The van der Waals surface area contributed by atoms with Crippen molar-refractivity contribution in [3.8, 4) is 10.8 Å². The molecule has 1 aliphatic rings. The van der Waals surface area contributed by atoms with Crippen molar-refractivity contribution in [3.05, 3.63) is 58.0 Å². The Morgan fingerprint density at radius 3 is 2.97 bits per heavy atom. The van der Waals surface area contributed by atoms with Crippen LogP contribution in [-0.2, 0) is 11.3 Å². The number of benzene rings is 1. The van der Waals surface area contributed by atoms with Gasteiger partial charge in [-0.15, -0.1) is 21.5 Å². The van der Waals surface area contributed by atoms with Crippen molar-refractivity contribution in [2.75, 3.05) is 6.61 Å². The molecule has 1 saturated heterocycles. The largest absolute Gasteiger partial charge is 0.419 e. The van der Waals surface area contributed by atoms with Gasteiger partial charge in [-0.2, -0.15) is 0 Å².